The molecule has 1 aliphatic heterocycles. The molecule has 1 saturated heterocycles. The molecule has 0 atom stereocenters. The van der Waals surface area contributed by atoms with E-state index >= 15 is 0 Å². The van der Waals surface area contributed by atoms with E-state index in [0.717, 1.165) is 43.0 Å². The monoisotopic (exact) mass is 301 g/mol. The second-order valence-corrected chi connectivity index (χ2v) is 6.73. The molecule has 1 fully saturated rings. The van der Waals surface area contributed by atoms with Crippen LogP contribution in [0.1, 0.15) is 24.6 Å². The number of imidazole rings is 1. The number of thiophene rings is 1. The molecule has 18 heavy (non-hydrogen) atoms. The zero-order valence-corrected chi connectivity index (χ0v) is 12.0. The van der Waals surface area contributed by atoms with Crippen molar-refractivity contribution in [3.8, 4) is 11.3 Å². The maximum absolute atomic E-state index is 6.15. The molecule has 3 heterocycles. The van der Waals surface area contributed by atoms with Crippen LogP contribution in [-0.4, -0.2) is 23.1 Å². The lowest BCUT2D eigenvalue weighted by Crippen LogP contribution is -2.27. The first-order valence-electron chi connectivity index (χ1n) is 5.95. The van der Waals surface area contributed by atoms with E-state index in [1.54, 1.807) is 0 Å². The van der Waals surface area contributed by atoms with Gasteiger partial charge in [-0.15, -0.1) is 11.3 Å². The van der Waals surface area contributed by atoms with Gasteiger partial charge in [0.25, 0.3) is 0 Å². The van der Waals surface area contributed by atoms with Gasteiger partial charge in [0.2, 0.25) is 0 Å². The van der Waals surface area contributed by atoms with Crippen LogP contribution in [0.4, 0.5) is 0 Å². The molecule has 6 heteroatoms. The lowest BCUT2D eigenvalue weighted by Gasteiger charge is -2.20. The number of hydrogen-bond donors (Lipinski definition) is 2. The second-order valence-electron chi connectivity index (χ2n) is 4.44. The molecule has 0 amide bonds. The number of nitrogens with one attached hydrogen (secondary N) is 2. The van der Waals surface area contributed by atoms with Crippen molar-refractivity contribution in [1.82, 2.24) is 15.3 Å². The molecule has 3 nitrogen and oxygen atoms in total. The smallest absolute Gasteiger partial charge is 0.109 e. The lowest BCUT2D eigenvalue weighted by molar-refractivity contribution is 0.447. The minimum Gasteiger partial charge on any atom is -0.342 e. The summed E-state index contributed by atoms with van der Waals surface area (Å²) in [5.74, 6) is 1.58. The molecule has 1 aliphatic rings. The first-order chi connectivity index (χ1) is 8.74. The van der Waals surface area contributed by atoms with Crippen LogP contribution in [0.25, 0.3) is 11.3 Å². The summed E-state index contributed by atoms with van der Waals surface area (Å²) in [6, 6.07) is 1.88. The largest absolute Gasteiger partial charge is 0.342 e. The van der Waals surface area contributed by atoms with Gasteiger partial charge in [-0.2, -0.15) is 0 Å². The van der Waals surface area contributed by atoms with Crippen LogP contribution in [-0.2, 0) is 0 Å². The quantitative estimate of drug-likeness (QED) is 0.883. The fourth-order valence-corrected chi connectivity index (χ4v) is 3.79. The van der Waals surface area contributed by atoms with E-state index in [2.05, 4.69) is 15.3 Å². The van der Waals surface area contributed by atoms with Gasteiger partial charge in [0, 0.05) is 11.5 Å². The Morgan fingerprint density at radius 2 is 2.06 bits per heavy atom. The van der Waals surface area contributed by atoms with Crippen molar-refractivity contribution in [3.63, 3.8) is 0 Å². The predicted molar refractivity (Wildman–Crippen MR) is 76.8 cm³/mol. The summed E-state index contributed by atoms with van der Waals surface area (Å²) in [6.07, 6.45) is 4.11. The van der Waals surface area contributed by atoms with Gasteiger partial charge >= 0.3 is 0 Å². The number of H-pyrrole nitrogens is 1. The van der Waals surface area contributed by atoms with Crippen molar-refractivity contribution < 1.29 is 0 Å². The van der Waals surface area contributed by atoms with Crippen molar-refractivity contribution in [2.24, 2.45) is 0 Å². The fraction of sp³-hybridized carbons (Fsp3) is 0.417. The van der Waals surface area contributed by atoms with E-state index in [1.165, 1.54) is 11.3 Å². The maximum Gasteiger partial charge on any atom is 0.109 e. The van der Waals surface area contributed by atoms with Gasteiger partial charge in [0.1, 0.15) is 10.2 Å². The normalized spacial score (nSPS) is 17.2. The highest BCUT2D eigenvalue weighted by molar-refractivity contribution is 7.20. The molecule has 0 radical (unpaired) electrons. The number of nitrogens with zero attached hydrogens (tertiary/aromatic N) is 1. The molecule has 0 aliphatic carbocycles. The maximum atomic E-state index is 6.15. The number of rotatable bonds is 2. The summed E-state index contributed by atoms with van der Waals surface area (Å²) < 4.78 is 1.41. The highest BCUT2D eigenvalue weighted by atomic mass is 35.5. The lowest BCUT2D eigenvalue weighted by atomic mass is 9.98. The van der Waals surface area contributed by atoms with Gasteiger partial charge in [0.05, 0.1) is 16.2 Å². The molecule has 2 aromatic heterocycles. The first kappa shape index (κ1) is 12.5. The Balaban J connectivity index is 1.86. The van der Waals surface area contributed by atoms with Gasteiger partial charge in [-0.3, -0.25) is 0 Å². The molecule has 0 spiro atoms. The highest BCUT2D eigenvalue weighted by Gasteiger charge is 2.19. The number of aromatic nitrogens is 2. The van der Waals surface area contributed by atoms with Crippen LogP contribution < -0.4 is 5.32 Å². The summed E-state index contributed by atoms with van der Waals surface area (Å²) in [5, 5.41) is 3.36. The number of hydrogen-bond acceptors (Lipinski definition) is 3. The van der Waals surface area contributed by atoms with E-state index in [1.807, 2.05) is 12.3 Å². The molecule has 96 valence electrons. The zero-order chi connectivity index (χ0) is 12.5. The Bertz CT molecular complexity index is 543. The standard InChI is InChI=1S/C12H13Cl2N3S/c13-10-5-8(11(14)18-10)9-6-16-12(17-9)7-1-3-15-4-2-7/h5-7,15H,1-4H2,(H,16,17). The number of aromatic amines is 1. The average molecular weight is 302 g/mol. The van der Waals surface area contributed by atoms with E-state index in [0.29, 0.717) is 14.6 Å². The van der Waals surface area contributed by atoms with Gasteiger partial charge in [-0.05, 0) is 32.0 Å². The number of halogens is 2. The third-order valence-corrected chi connectivity index (χ3v) is 4.76. The summed E-state index contributed by atoms with van der Waals surface area (Å²) in [5.41, 5.74) is 1.90. The molecular formula is C12H13Cl2N3S. The Labute approximate surface area is 120 Å². The number of piperidine rings is 1. The Morgan fingerprint density at radius 1 is 1.28 bits per heavy atom. The summed E-state index contributed by atoms with van der Waals surface area (Å²) in [4.78, 5) is 7.86. The Hall–Kier alpha value is -0.550. The van der Waals surface area contributed by atoms with Crippen LogP contribution in [0.2, 0.25) is 8.67 Å². The predicted octanol–water partition coefficient (Wildman–Crippen LogP) is 3.91. The zero-order valence-electron chi connectivity index (χ0n) is 9.67. The van der Waals surface area contributed by atoms with Crippen LogP contribution in [0.5, 0.6) is 0 Å². The van der Waals surface area contributed by atoms with Crippen molar-refractivity contribution in [3.05, 3.63) is 26.8 Å². The van der Waals surface area contributed by atoms with Crippen molar-refractivity contribution >= 4 is 34.5 Å². The SMILES string of the molecule is Clc1cc(-c2cnc(C3CCNCC3)[nH]2)c(Cl)s1. The minimum atomic E-state index is 0.521. The third-order valence-electron chi connectivity index (χ3n) is 3.27. The van der Waals surface area contributed by atoms with Gasteiger partial charge in [-0.25, -0.2) is 4.98 Å². The van der Waals surface area contributed by atoms with E-state index in [4.69, 9.17) is 23.2 Å². The van der Waals surface area contributed by atoms with Crippen molar-refractivity contribution in [1.29, 1.82) is 0 Å². The Morgan fingerprint density at radius 3 is 2.72 bits per heavy atom. The summed E-state index contributed by atoms with van der Waals surface area (Å²) >= 11 is 13.5. The summed E-state index contributed by atoms with van der Waals surface area (Å²) in [7, 11) is 0. The third kappa shape index (κ3) is 2.43. The van der Waals surface area contributed by atoms with Crippen LogP contribution in [0, 0.1) is 0 Å². The van der Waals surface area contributed by atoms with Crippen LogP contribution in [0.15, 0.2) is 12.3 Å². The molecule has 2 N–H and O–H groups in total. The topological polar surface area (TPSA) is 40.7 Å². The second kappa shape index (κ2) is 5.21. The van der Waals surface area contributed by atoms with Crippen LogP contribution >= 0.6 is 34.5 Å². The molecule has 0 aromatic carbocycles. The van der Waals surface area contributed by atoms with E-state index in [9.17, 15) is 0 Å². The van der Waals surface area contributed by atoms with E-state index < -0.39 is 0 Å². The van der Waals surface area contributed by atoms with Crippen LogP contribution in [0.3, 0.4) is 0 Å². The van der Waals surface area contributed by atoms with Crippen molar-refractivity contribution in [2.45, 2.75) is 18.8 Å². The molecule has 3 rings (SSSR count). The molecule has 0 bridgehead atoms. The van der Waals surface area contributed by atoms with Gasteiger partial charge in [-0.1, -0.05) is 23.2 Å². The van der Waals surface area contributed by atoms with Gasteiger partial charge in [0.15, 0.2) is 0 Å². The van der Waals surface area contributed by atoms with Crippen molar-refractivity contribution in [2.75, 3.05) is 13.1 Å². The molecule has 0 unspecified atom stereocenters. The molecule has 0 saturated carbocycles. The first-order valence-corrected chi connectivity index (χ1v) is 7.52. The summed E-state index contributed by atoms with van der Waals surface area (Å²) in [6.45, 7) is 2.12. The minimum absolute atomic E-state index is 0.521. The van der Waals surface area contributed by atoms with Gasteiger partial charge < -0.3 is 10.3 Å². The molecular weight excluding hydrogens is 289 g/mol. The Kier molecular flexibility index (Phi) is 3.61. The average Bonchev–Trinajstić information content (AvgIpc) is 2.97. The highest BCUT2D eigenvalue weighted by Crippen LogP contribution is 2.38. The molecule has 2 aromatic rings. The van der Waals surface area contributed by atoms with E-state index in [-0.39, 0.29) is 0 Å². The fourth-order valence-electron chi connectivity index (χ4n) is 2.30.